The third-order valence-corrected chi connectivity index (χ3v) is 9.39. The zero-order valence-corrected chi connectivity index (χ0v) is 29.3. The fourth-order valence-electron chi connectivity index (χ4n) is 6.71. The van der Waals surface area contributed by atoms with Crippen molar-refractivity contribution in [3.05, 3.63) is 212 Å². The van der Waals surface area contributed by atoms with E-state index in [1.165, 1.54) is 0 Å². The average molecular weight is 692 g/mol. The van der Waals surface area contributed by atoms with Gasteiger partial charge >= 0.3 is 0 Å². The van der Waals surface area contributed by atoms with E-state index in [1.54, 1.807) is 0 Å². The molecule has 0 bridgehead atoms. The fraction of sp³-hybridized carbons (Fsp3) is 0. The van der Waals surface area contributed by atoms with Crippen LogP contribution < -0.4 is 0 Å². The van der Waals surface area contributed by atoms with E-state index in [-0.39, 0.29) is 0 Å². The Kier molecular flexibility index (Phi) is 8.86. The highest BCUT2D eigenvalue weighted by atomic mass is 15.1. The van der Waals surface area contributed by atoms with Crippen LogP contribution in [0.15, 0.2) is 205 Å². The molecular weight excluding hydrogens is 659 g/mol. The minimum Gasteiger partial charge on any atom is -0.253 e. The third-order valence-electron chi connectivity index (χ3n) is 9.39. The molecule has 0 saturated carbocycles. The first-order chi connectivity index (χ1) is 26.7. The number of fused-ring (bicyclic) bond motifs is 1. The first-order valence-electron chi connectivity index (χ1n) is 17.9. The highest BCUT2D eigenvalue weighted by molar-refractivity contribution is 6.13. The number of pyridine rings is 1. The lowest BCUT2D eigenvalue weighted by Gasteiger charge is -2.14. The number of nitrogens with zero attached hydrogens (tertiary/aromatic N) is 5. The topological polar surface area (TPSA) is 63.9 Å². The van der Waals surface area contributed by atoms with Gasteiger partial charge in [0.05, 0.1) is 5.69 Å². The normalized spacial score (nSPS) is 11.4. The van der Waals surface area contributed by atoms with Gasteiger partial charge in [-0.1, -0.05) is 158 Å². The molecule has 0 saturated heterocycles. The van der Waals surface area contributed by atoms with Crippen molar-refractivity contribution in [2.24, 2.45) is 4.99 Å². The van der Waals surface area contributed by atoms with E-state index in [0.29, 0.717) is 28.9 Å². The molecule has 7 aromatic carbocycles. The second-order valence-electron chi connectivity index (χ2n) is 13.0. The first-order valence-corrected chi connectivity index (χ1v) is 17.9. The molecule has 2 heterocycles. The van der Waals surface area contributed by atoms with Crippen LogP contribution in [-0.4, -0.2) is 25.6 Å². The van der Waals surface area contributed by atoms with Crippen LogP contribution in [0.2, 0.25) is 0 Å². The maximum absolute atomic E-state index is 5.34. The van der Waals surface area contributed by atoms with Gasteiger partial charge in [-0.15, -0.1) is 0 Å². The van der Waals surface area contributed by atoms with Crippen LogP contribution in [0.25, 0.3) is 67.1 Å². The lowest BCUT2D eigenvalue weighted by molar-refractivity contribution is 1.03. The van der Waals surface area contributed by atoms with Gasteiger partial charge in [0.15, 0.2) is 17.5 Å². The molecule has 9 aromatic rings. The zero-order valence-electron chi connectivity index (χ0n) is 29.3. The molecule has 0 atom stereocenters. The van der Waals surface area contributed by atoms with Crippen molar-refractivity contribution < 1.29 is 0 Å². The summed E-state index contributed by atoms with van der Waals surface area (Å²) in [5, 5.41) is 2.15. The van der Waals surface area contributed by atoms with Gasteiger partial charge in [0.25, 0.3) is 0 Å². The van der Waals surface area contributed by atoms with Crippen LogP contribution in [0.4, 0.5) is 5.69 Å². The fourth-order valence-corrected chi connectivity index (χ4v) is 6.71. The van der Waals surface area contributed by atoms with E-state index in [4.69, 9.17) is 24.9 Å². The third kappa shape index (κ3) is 6.82. The highest BCUT2D eigenvalue weighted by Gasteiger charge is 2.19. The number of aliphatic imine (C=N–C) groups is 1. The maximum atomic E-state index is 5.34. The van der Waals surface area contributed by atoms with Crippen LogP contribution in [-0.2, 0) is 0 Å². The summed E-state index contributed by atoms with van der Waals surface area (Å²) in [6.45, 7) is 0. The number of hydrogen-bond donors (Lipinski definition) is 0. The lowest BCUT2D eigenvalue weighted by Crippen LogP contribution is -2.12. The van der Waals surface area contributed by atoms with E-state index >= 15 is 0 Å². The smallest absolute Gasteiger partial charge is 0.183 e. The SMILES string of the molecule is c1ccc(/C(=N\c2cccc3ccccc23)c2nc(-c3cc(-c4ccccc4)cc(-c4ccccc4)c3)nc(-c3cc(-c4ccccc4)ccn3)n2)cc1. The van der Waals surface area contributed by atoms with Gasteiger partial charge in [0.2, 0.25) is 0 Å². The van der Waals surface area contributed by atoms with E-state index in [0.717, 1.165) is 61.0 Å². The Labute approximate surface area is 314 Å². The summed E-state index contributed by atoms with van der Waals surface area (Å²) in [5.41, 5.74) is 10.3. The molecule has 54 heavy (non-hydrogen) atoms. The van der Waals surface area contributed by atoms with Crippen LogP contribution in [0.1, 0.15) is 11.4 Å². The number of rotatable bonds is 8. The molecule has 0 aliphatic carbocycles. The molecule has 0 fully saturated rings. The number of hydrogen-bond acceptors (Lipinski definition) is 5. The van der Waals surface area contributed by atoms with Crippen LogP contribution >= 0.6 is 0 Å². The molecule has 0 aliphatic heterocycles. The Morgan fingerprint density at radius 3 is 1.59 bits per heavy atom. The van der Waals surface area contributed by atoms with Gasteiger partial charge in [0, 0.05) is 22.7 Å². The van der Waals surface area contributed by atoms with E-state index in [9.17, 15) is 0 Å². The summed E-state index contributed by atoms with van der Waals surface area (Å²) in [4.78, 5) is 25.7. The number of benzene rings is 7. The van der Waals surface area contributed by atoms with Crippen molar-refractivity contribution in [3.63, 3.8) is 0 Å². The Morgan fingerprint density at radius 2 is 0.926 bits per heavy atom. The summed E-state index contributed by atoms with van der Waals surface area (Å²) >= 11 is 0. The van der Waals surface area contributed by atoms with Gasteiger partial charge in [0.1, 0.15) is 11.4 Å². The predicted octanol–water partition coefficient (Wildman–Crippen LogP) is 11.9. The van der Waals surface area contributed by atoms with Crippen LogP contribution in [0.5, 0.6) is 0 Å². The monoisotopic (exact) mass is 691 g/mol. The number of aromatic nitrogens is 4. The van der Waals surface area contributed by atoms with Gasteiger partial charge in [-0.05, 0) is 75.2 Å². The molecule has 5 nitrogen and oxygen atoms in total. The first kappa shape index (κ1) is 32.5. The van der Waals surface area contributed by atoms with Crippen molar-refractivity contribution in [3.8, 4) is 56.3 Å². The molecule has 5 heteroatoms. The van der Waals surface area contributed by atoms with E-state index < -0.39 is 0 Å². The Morgan fingerprint density at radius 1 is 0.389 bits per heavy atom. The van der Waals surface area contributed by atoms with Crippen molar-refractivity contribution in [1.29, 1.82) is 0 Å². The highest BCUT2D eigenvalue weighted by Crippen LogP contribution is 2.34. The standard InChI is InChI=1S/C49H33N5/c1-5-16-34(17-6-1)39-28-29-50-45(33-39)48-52-47(42-31-40(35-18-7-2-8-19-35)30-41(32-42)36-20-9-3-10-21-36)53-49(54-48)46(38-23-11-4-12-24-38)51-44-27-15-25-37-22-13-14-26-43(37)44/h1-33H/b51-46+. The van der Waals surface area contributed by atoms with Crippen LogP contribution in [0.3, 0.4) is 0 Å². The largest absolute Gasteiger partial charge is 0.253 e. The molecule has 0 radical (unpaired) electrons. The lowest BCUT2D eigenvalue weighted by atomic mass is 9.96. The van der Waals surface area contributed by atoms with E-state index in [2.05, 4.69) is 97.1 Å². The molecule has 254 valence electrons. The van der Waals surface area contributed by atoms with Crippen molar-refractivity contribution in [1.82, 2.24) is 19.9 Å². The van der Waals surface area contributed by atoms with Gasteiger partial charge in [-0.3, -0.25) is 4.98 Å². The predicted molar refractivity (Wildman–Crippen MR) is 220 cm³/mol. The Hall–Kier alpha value is -7.37. The second-order valence-corrected chi connectivity index (χ2v) is 13.0. The summed E-state index contributed by atoms with van der Waals surface area (Å²) in [6.07, 6.45) is 1.81. The van der Waals surface area contributed by atoms with E-state index in [1.807, 2.05) is 103 Å². The molecule has 0 N–H and O–H groups in total. The summed E-state index contributed by atoms with van der Waals surface area (Å²) in [7, 11) is 0. The van der Waals surface area contributed by atoms with Crippen molar-refractivity contribution in [2.45, 2.75) is 0 Å². The van der Waals surface area contributed by atoms with Crippen LogP contribution in [0, 0.1) is 0 Å². The molecule has 0 amide bonds. The van der Waals surface area contributed by atoms with Gasteiger partial charge in [-0.25, -0.2) is 19.9 Å². The quantitative estimate of drug-likeness (QED) is 0.149. The van der Waals surface area contributed by atoms with Gasteiger partial charge < -0.3 is 0 Å². The van der Waals surface area contributed by atoms with Crippen molar-refractivity contribution in [2.75, 3.05) is 0 Å². The van der Waals surface area contributed by atoms with Gasteiger partial charge in [-0.2, -0.15) is 0 Å². The molecule has 9 rings (SSSR count). The minimum atomic E-state index is 0.451. The molecule has 0 unspecified atom stereocenters. The Balaban J connectivity index is 1.30. The minimum absolute atomic E-state index is 0.451. The molecular formula is C49H33N5. The zero-order chi connectivity index (χ0) is 36.1. The maximum Gasteiger partial charge on any atom is 0.183 e. The van der Waals surface area contributed by atoms with Crippen molar-refractivity contribution >= 4 is 22.2 Å². The molecule has 0 spiro atoms. The second kappa shape index (κ2) is 14.7. The molecule has 0 aliphatic rings. The summed E-state index contributed by atoms with van der Waals surface area (Å²) in [6, 6.07) is 66.2. The molecule has 2 aromatic heterocycles. The summed E-state index contributed by atoms with van der Waals surface area (Å²) in [5.74, 6) is 1.44. The average Bonchev–Trinajstić information content (AvgIpc) is 3.26. The Bertz CT molecular complexity index is 2680. The summed E-state index contributed by atoms with van der Waals surface area (Å²) < 4.78 is 0.